The molecule has 1 fully saturated rings. The summed E-state index contributed by atoms with van der Waals surface area (Å²) >= 11 is 0. The number of aryl methyl sites for hydroxylation is 1. The highest BCUT2D eigenvalue weighted by Gasteiger charge is 2.28. The van der Waals surface area contributed by atoms with Gasteiger partial charge in [0.1, 0.15) is 5.69 Å². The van der Waals surface area contributed by atoms with Gasteiger partial charge in [0, 0.05) is 72.5 Å². The summed E-state index contributed by atoms with van der Waals surface area (Å²) in [5.74, 6) is 0.547. The van der Waals surface area contributed by atoms with Gasteiger partial charge in [0.2, 0.25) is 5.95 Å². The number of nitrogens with two attached hydrogens (primary N) is 1. The molecule has 4 heterocycles. The number of nitrogens with zero attached hydrogens (tertiary/aromatic N) is 6. The Kier molecular flexibility index (Phi) is 6.46. The highest BCUT2D eigenvalue weighted by atomic mass is 15.3. The molecular weight excluding hydrogens is 436 g/mol. The fourth-order valence-electron chi connectivity index (χ4n) is 4.50. The van der Waals surface area contributed by atoms with Crippen molar-refractivity contribution in [1.82, 2.24) is 24.7 Å². The first-order valence-electron chi connectivity index (χ1n) is 12.3. The highest BCUT2D eigenvalue weighted by Crippen LogP contribution is 2.31. The van der Waals surface area contributed by atoms with Crippen molar-refractivity contribution in [3.05, 3.63) is 67.3 Å². The molecule has 0 spiro atoms. The summed E-state index contributed by atoms with van der Waals surface area (Å²) in [6.07, 6.45) is 10.5. The van der Waals surface area contributed by atoms with Gasteiger partial charge in [-0.05, 0) is 68.7 Å². The van der Waals surface area contributed by atoms with Crippen LogP contribution in [0.2, 0.25) is 0 Å². The van der Waals surface area contributed by atoms with Crippen molar-refractivity contribution in [3.8, 4) is 22.5 Å². The normalized spacial score (nSPS) is 15.2. The predicted molar refractivity (Wildman–Crippen MR) is 141 cm³/mol. The minimum absolute atomic E-state index is 0.00906. The van der Waals surface area contributed by atoms with Gasteiger partial charge in [-0.2, -0.15) is 5.10 Å². The number of aromatic nitrogens is 5. The van der Waals surface area contributed by atoms with Gasteiger partial charge in [-0.3, -0.25) is 9.67 Å². The molecule has 1 aromatic carbocycles. The first kappa shape index (κ1) is 23.0. The number of nitrogens with one attached hydrogen (secondary N) is 1. The van der Waals surface area contributed by atoms with Gasteiger partial charge in [0.15, 0.2) is 0 Å². The van der Waals surface area contributed by atoms with Gasteiger partial charge in [-0.25, -0.2) is 9.97 Å². The van der Waals surface area contributed by atoms with Crippen LogP contribution in [0.15, 0.2) is 67.3 Å². The van der Waals surface area contributed by atoms with Crippen molar-refractivity contribution < 1.29 is 0 Å². The number of piperidine rings is 1. The lowest BCUT2D eigenvalue weighted by Gasteiger charge is -2.39. The zero-order valence-electron chi connectivity index (χ0n) is 20.4. The van der Waals surface area contributed by atoms with E-state index in [0.29, 0.717) is 5.95 Å². The summed E-state index contributed by atoms with van der Waals surface area (Å²) in [5, 5.41) is 8.09. The maximum absolute atomic E-state index is 6.46. The van der Waals surface area contributed by atoms with E-state index in [1.807, 2.05) is 35.3 Å². The third-order valence-electron chi connectivity index (χ3n) is 6.90. The van der Waals surface area contributed by atoms with Crippen LogP contribution in [-0.2, 0) is 6.54 Å². The summed E-state index contributed by atoms with van der Waals surface area (Å²) in [7, 11) is 0. The second-order valence-corrected chi connectivity index (χ2v) is 9.13. The van der Waals surface area contributed by atoms with Crippen LogP contribution in [0, 0.1) is 0 Å². The SMILES string of the molecule is CCn1cc(-c2ccnc(Nc3ccc(N4CCC(N)(CC)CC4)cc3)n2)c(-c2cccnc2)n1. The standard InChI is InChI=1S/C27H32N8/c1-3-27(28)12-16-34(17-13-27)22-9-7-21(8-10-22)31-26-30-15-11-24(32-26)23-19-35(4-2)33-25(23)20-6-5-14-29-18-20/h5-11,14-15,18-19H,3-4,12-13,16-17,28H2,1-2H3,(H,30,31,32). The first-order chi connectivity index (χ1) is 17.1. The van der Waals surface area contributed by atoms with E-state index in [-0.39, 0.29) is 5.54 Å². The van der Waals surface area contributed by atoms with Crippen molar-refractivity contribution in [3.63, 3.8) is 0 Å². The molecule has 0 amide bonds. The zero-order valence-corrected chi connectivity index (χ0v) is 20.4. The average Bonchev–Trinajstić information content (AvgIpc) is 3.35. The van der Waals surface area contributed by atoms with E-state index in [2.05, 4.69) is 58.3 Å². The lowest BCUT2D eigenvalue weighted by atomic mass is 9.86. The number of hydrogen-bond donors (Lipinski definition) is 2. The molecule has 0 bridgehead atoms. The van der Waals surface area contributed by atoms with Crippen LogP contribution in [-0.4, -0.2) is 43.4 Å². The van der Waals surface area contributed by atoms with E-state index in [9.17, 15) is 0 Å². The smallest absolute Gasteiger partial charge is 0.227 e. The number of benzene rings is 1. The second kappa shape index (κ2) is 9.84. The number of anilines is 3. The summed E-state index contributed by atoms with van der Waals surface area (Å²) in [6, 6.07) is 14.3. The Hall–Kier alpha value is -3.78. The predicted octanol–water partition coefficient (Wildman–Crippen LogP) is 4.87. The summed E-state index contributed by atoms with van der Waals surface area (Å²) in [5.41, 5.74) is 12.2. The summed E-state index contributed by atoms with van der Waals surface area (Å²) in [6.45, 7) is 7.01. The lowest BCUT2D eigenvalue weighted by molar-refractivity contribution is 0.323. The number of pyridine rings is 1. The fraction of sp³-hybridized carbons (Fsp3) is 0.333. The molecule has 8 heteroatoms. The maximum atomic E-state index is 6.46. The minimum Gasteiger partial charge on any atom is -0.371 e. The van der Waals surface area contributed by atoms with Gasteiger partial charge in [-0.1, -0.05) is 6.92 Å². The molecule has 1 saturated heterocycles. The molecule has 1 aliphatic heterocycles. The molecule has 0 atom stereocenters. The fourth-order valence-corrected chi connectivity index (χ4v) is 4.50. The van der Waals surface area contributed by atoms with Crippen molar-refractivity contribution in [2.24, 2.45) is 5.73 Å². The van der Waals surface area contributed by atoms with Crippen LogP contribution >= 0.6 is 0 Å². The van der Waals surface area contributed by atoms with Gasteiger partial charge in [0.25, 0.3) is 0 Å². The molecule has 0 radical (unpaired) electrons. The van der Waals surface area contributed by atoms with Crippen LogP contribution in [0.1, 0.15) is 33.1 Å². The molecular formula is C27H32N8. The van der Waals surface area contributed by atoms with Crippen molar-refractivity contribution in [2.45, 2.75) is 45.2 Å². The van der Waals surface area contributed by atoms with Crippen LogP contribution in [0.4, 0.5) is 17.3 Å². The Morgan fingerprint density at radius 1 is 1.03 bits per heavy atom. The Morgan fingerprint density at radius 3 is 2.51 bits per heavy atom. The van der Waals surface area contributed by atoms with Gasteiger partial charge in [-0.15, -0.1) is 0 Å². The maximum Gasteiger partial charge on any atom is 0.227 e. The van der Waals surface area contributed by atoms with E-state index in [0.717, 1.165) is 67.1 Å². The summed E-state index contributed by atoms with van der Waals surface area (Å²) < 4.78 is 1.92. The summed E-state index contributed by atoms with van der Waals surface area (Å²) in [4.78, 5) is 15.9. The van der Waals surface area contributed by atoms with E-state index >= 15 is 0 Å². The Bertz CT molecular complexity index is 1260. The van der Waals surface area contributed by atoms with Gasteiger partial charge >= 0.3 is 0 Å². The van der Waals surface area contributed by atoms with E-state index < -0.39 is 0 Å². The van der Waals surface area contributed by atoms with Crippen molar-refractivity contribution >= 4 is 17.3 Å². The van der Waals surface area contributed by atoms with Crippen molar-refractivity contribution in [2.75, 3.05) is 23.3 Å². The topological polar surface area (TPSA) is 97.8 Å². The molecule has 35 heavy (non-hydrogen) atoms. The van der Waals surface area contributed by atoms with E-state index in [1.165, 1.54) is 5.69 Å². The highest BCUT2D eigenvalue weighted by molar-refractivity contribution is 5.78. The molecule has 3 N–H and O–H groups in total. The third kappa shape index (κ3) is 5.02. The molecule has 3 aromatic heterocycles. The molecule has 180 valence electrons. The van der Waals surface area contributed by atoms with Crippen LogP contribution in [0.5, 0.6) is 0 Å². The zero-order chi connectivity index (χ0) is 24.3. The Balaban J connectivity index is 1.33. The van der Waals surface area contributed by atoms with Gasteiger partial charge < -0.3 is 16.0 Å². The second-order valence-electron chi connectivity index (χ2n) is 9.13. The average molecular weight is 469 g/mol. The van der Waals surface area contributed by atoms with E-state index in [1.54, 1.807) is 12.4 Å². The minimum atomic E-state index is -0.00906. The monoisotopic (exact) mass is 468 g/mol. The molecule has 0 unspecified atom stereocenters. The lowest BCUT2D eigenvalue weighted by Crippen LogP contribution is -2.50. The first-order valence-corrected chi connectivity index (χ1v) is 12.3. The van der Waals surface area contributed by atoms with Crippen LogP contribution in [0.3, 0.4) is 0 Å². The molecule has 4 aromatic rings. The van der Waals surface area contributed by atoms with E-state index in [4.69, 9.17) is 15.8 Å². The molecule has 0 aliphatic carbocycles. The third-order valence-corrected chi connectivity index (χ3v) is 6.90. The molecule has 0 saturated carbocycles. The van der Waals surface area contributed by atoms with Crippen LogP contribution < -0.4 is 16.0 Å². The quantitative estimate of drug-likeness (QED) is 0.399. The molecule has 8 nitrogen and oxygen atoms in total. The van der Waals surface area contributed by atoms with Gasteiger partial charge in [0.05, 0.1) is 5.69 Å². The van der Waals surface area contributed by atoms with Crippen molar-refractivity contribution in [1.29, 1.82) is 0 Å². The molecule has 1 aliphatic rings. The largest absolute Gasteiger partial charge is 0.371 e. The van der Waals surface area contributed by atoms with Crippen LogP contribution in [0.25, 0.3) is 22.5 Å². The Labute approximate surface area is 206 Å². The number of hydrogen-bond acceptors (Lipinski definition) is 7. The Morgan fingerprint density at radius 2 is 1.83 bits per heavy atom. The molecule has 5 rings (SSSR count). The number of rotatable bonds is 7.